The standard InChI is InChI=1S/C31H39N3O4S/c1-21(2)34(29(36)26(18-19-39-6)33-30(37)38-31(3,4)5)27(23-13-8-7-9-14-23)28(35)32-25-17-16-22-12-10-11-15-24(22)20-25/h7-17,20-21,26-27H,18-19H2,1-6H3,(H,32,35)(H,33,37). The number of nitrogens with one attached hydrogen (secondary N) is 2. The van der Waals surface area contributed by atoms with E-state index in [0.717, 1.165) is 10.8 Å². The molecule has 208 valence electrons. The molecule has 3 amide bonds. The van der Waals surface area contributed by atoms with Gasteiger partial charge in [0.05, 0.1) is 0 Å². The molecule has 0 spiro atoms. The fraction of sp³-hybridized carbons (Fsp3) is 0.387. The molecule has 3 rings (SSSR count). The first kappa shape index (κ1) is 30.0. The van der Waals surface area contributed by atoms with E-state index in [1.54, 1.807) is 37.4 Å². The molecule has 0 aromatic heterocycles. The van der Waals surface area contributed by atoms with Crippen LogP contribution in [0.15, 0.2) is 72.8 Å². The molecule has 0 aliphatic carbocycles. The fourth-order valence-electron chi connectivity index (χ4n) is 4.35. The second-order valence-corrected chi connectivity index (χ2v) is 11.7. The molecule has 8 heteroatoms. The third-order valence-electron chi connectivity index (χ3n) is 6.07. The van der Waals surface area contributed by atoms with Crippen LogP contribution in [0.25, 0.3) is 10.8 Å². The van der Waals surface area contributed by atoms with Crippen molar-refractivity contribution in [1.82, 2.24) is 10.2 Å². The van der Waals surface area contributed by atoms with Gasteiger partial charge < -0.3 is 20.3 Å². The van der Waals surface area contributed by atoms with Gasteiger partial charge in [0.25, 0.3) is 5.91 Å². The Hall–Kier alpha value is -3.52. The average Bonchev–Trinajstić information content (AvgIpc) is 2.88. The summed E-state index contributed by atoms with van der Waals surface area (Å²) in [4.78, 5) is 42.3. The topological polar surface area (TPSA) is 87.7 Å². The number of carbonyl (C=O) groups excluding carboxylic acids is 3. The summed E-state index contributed by atoms with van der Waals surface area (Å²) in [6.45, 7) is 9.06. The number of hydrogen-bond donors (Lipinski definition) is 2. The molecular formula is C31H39N3O4S. The van der Waals surface area contributed by atoms with Crippen molar-refractivity contribution in [3.8, 4) is 0 Å². The molecular weight excluding hydrogens is 510 g/mol. The van der Waals surface area contributed by atoms with Gasteiger partial charge in [-0.1, -0.05) is 60.7 Å². The van der Waals surface area contributed by atoms with E-state index in [-0.39, 0.29) is 17.9 Å². The van der Waals surface area contributed by atoms with Crippen molar-refractivity contribution in [2.24, 2.45) is 0 Å². The maximum Gasteiger partial charge on any atom is 0.408 e. The number of alkyl carbamates (subject to hydrolysis) is 1. The highest BCUT2D eigenvalue weighted by molar-refractivity contribution is 7.98. The molecule has 2 atom stereocenters. The van der Waals surface area contributed by atoms with Crippen LogP contribution in [-0.4, -0.2) is 52.5 Å². The maximum atomic E-state index is 14.1. The number of ether oxygens (including phenoxy) is 1. The molecule has 0 saturated carbocycles. The van der Waals surface area contributed by atoms with Crippen LogP contribution in [0.1, 0.15) is 52.6 Å². The van der Waals surface area contributed by atoms with Crippen molar-refractivity contribution < 1.29 is 19.1 Å². The third kappa shape index (κ3) is 8.48. The van der Waals surface area contributed by atoms with Crippen molar-refractivity contribution in [2.75, 3.05) is 17.3 Å². The summed E-state index contributed by atoms with van der Waals surface area (Å²) >= 11 is 1.58. The predicted octanol–water partition coefficient (Wildman–Crippen LogP) is 6.40. The number of rotatable bonds is 10. The lowest BCUT2D eigenvalue weighted by Gasteiger charge is -2.37. The summed E-state index contributed by atoms with van der Waals surface area (Å²) in [5.41, 5.74) is 0.613. The molecule has 39 heavy (non-hydrogen) atoms. The zero-order chi connectivity index (χ0) is 28.6. The average molecular weight is 550 g/mol. The monoisotopic (exact) mass is 549 g/mol. The van der Waals surface area contributed by atoms with Gasteiger partial charge in [-0.05, 0) is 81.5 Å². The van der Waals surface area contributed by atoms with E-state index in [4.69, 9.17) is 4.74 Å². The molecule has 3 aromatic rings. The summed E-state index contributed by atoms with van der Waals surface area (Å²) in [7, 11) is 0. The molecule has 3 aromatic carbocycles. The zero-order valence-corrected chi connectivity index (χ0v) is 24.4. The molecule has 2 unspecified atom stereocenters. The van der Waals surface area contributed by atoms with Crippen molar-refractivity contribution in [1.29, 1.82) is 0 Å². The predicted molar refractivity (Wildman–Crippen MR) is 160 cm³/mol. The molecule has 0 aliphatic heterocycles. The van der Waals surface area contributed by atoms with Gasteiger partial charge in [-0.15, -0.1) is 0 Å². The minimum Gasteiger partial charge on any atom is -0.444 e. The Balaban J connectivity index is 1.96. The highest BCUT2D eigenvalue weighted by Gasteiger charge is 2.37. The number of thioether (sulfide) groups is 1. The van der Waals surface area contributed by atoms with Gasteiger partial charge in [-0.3, -0.25) is 9.59 Å². The summed E-state index contributed by atoms with van der Waals surface area (Å²) in [6.07, 6.45) is 1.68. The maximum absolute atomic E-state index is 14.1. The minimum atomic E-state index is -0.914. The van der Waals surface area contributed by atoms with E-state index in [2.05, 4.69) is 10.6 Å². The Labute approximate surface area is 235 Å². The SMILES string of the molecule is CSCCC(NC(=O)OC(C)(C)C)C(=O)N(C(C)C)C(C(=O)Nc1ccc2ccccc2c1)c1ccccc1. The van der Waals surface area contributed by atoms with Gasteiger partial charge >= 0.3 is 6.09 Å². The van der Waals surface area contributed by atoms with E-state index in [1.165, 1.54) is 0 Å². The van der Waals surface area contributed by atoms with Gasteiger partial charge in [-0.2, -0.15) is 11.8 Å². The van der Waals surface area contributed by atoms with Crippen LogP contribution in [0.2, 0.25) is 0 Å². The Morgan fingerprint density at radius 2 is 1.56 bits per heavy atom. The van der Waals surface area contributed by atoms with Crippen molar-refractivity contribution in [3.63, 3.8) is 0 Å². The largest absolute Gasteiger partial charge is 0.444 e. The quantitative estimate of drug-likeness (QED) is 0.305. The van der Waals surface area contributed by atoms with E-state index in [9.17, 15) is 14.4 Å². The number of carbonyl (C=O) groups is 3. The van der Waals surface area contributed by atoms with Crippen LogP contribution in [0.4, 0.5) is 10.5 Å². The first-order chi connectivity index (χ1) is 18.5. The Kier molecular flexibility index (Phi) is 10.4. The Morgan fingerprint density at radius 3 is 2.18 bits per heavy atom. The van der Waals surface area contributed by atoms with Crippen LogP contribution < -0.4 is 10.6 Å². The number of benzene rings is 3. The summed E-state index contributed by atoms with van der Waals surface area (Å²) in [5.74, 6) is -0.0240. The molecule has 0 fully saturated rings. The van der Waals surface area contributed by atoms with Gasteiger partial charge in [0, 0.05) is 11.7 Å². The lowest BCUT2D eigenvalue weighted by molar-refractivity contribution is -0.143. The van der Waals surface area contributed by atoms with E-state index in [0.29, 0.717) is 23.4 Å². The summed E-state index contributed by atoms with van der Waals surface area (Å²) in [6, 6.07) is 20.8. The molecule has 0 bridgehead atoms. The Morgan fingerprint density at radius 1 is 0.923 bits per heavy atom. The molecule has 0 heterocycles. The Bertz CT molecular complexity index is 1270. The molecule has 0 aliphatic rings. The number of nitrogens with zero attached hydrogens (tertiary/aromatic N) is 1. The number of hydrogen-bond acceptors (Lipinski definition) is 5. The molecule has 0 radical (unpaired) electrons. The van der Waals surface area contributed by atoms with E-state index < -0.39 is 23.8 Å². The van der Waals surface area contributed by atoms with E-state index in [1.807, 2.05) is 92.9 Å². The summed E-state index contributed by atoms with van der Waals surface area (Å²) in [5, 5.41) is 7.86. The van der Waals surface area contributed by atoms with E-state index >= 15 is 0 Å². The second kappa shape index (κ2) is 13.5. The van der Waals surface area contributed by atoms with Crippen molar-refractivity contribution in [2.45, 2.75) is 64.8 Å². The summed E-state index contributed by atoms with van der Waals surface area (Å²) < 4.78 is 5.44. The minimum absolute atomic E-state index is 0.331. The van der Waals surface area contributed by atoms with Gasteiger partial charge in [0.15, 0.2) is 0 Å². The molecule has 0 saturated heterocycles. The lowest BCUT2D eigenvalue weighted by atomic mass is 10.0. The fourth-order valence-corrected chi connectivity index (χ4v) is 4.83. The number of anilines is 1. The molecule has 2 N–H and O–H groups in total. The van der Waals surface area contributed by atoms with Gasteiger partial charge in [0.1, 0.15) is 17.7 Å². The smallest absolute Gasteiger partial charge is 0.408 e. The first-order valence-electron chi connectivity index (χ1n) is 13.2. The lowest BCUT2D eigenvalue weighted by Crippen LogP contribution is -2.54. The van der Waals surface area contributed by atoms with Crippen molar-refractivity contribution in [3.05, 3.63) is 78.4 Å². The number of amides is 3. The zero-order valence-electron chi connectivity index (χ0n) is 23.6. The van der Waals surface area contributed by atoms with Crippen LogP contribution in [0.3, 0.4) is 0 Å². The number of fused-ring (bicyclic) bond motifs is 1. The van der Waals surface area contributed by atoms with Gasteiger partial charge in [0.2, 0.25) is 5.91 Å². The van der Waals surface area contributed by atoms with Crippen LogP contribution in [0, 0.1) is 0 Å². The normalized spacial score (nSPS) is 13.0. The molecule has 7 nitrogen and oxygen atoms in total. The first-order valence-corrected chi connectivity index (χ1v) is 14.5. The van der Waals surface area contributed by atoms with Crippen LogP contribution in [0.5, 0.6) is 0 Å². The second-order valence-electron chi connectivity index (χ2n) is 10.7. The third-order valence-corrected chi connectivity index (χ3v) is 6.71. The highest BCUT2D eigenvalue weighted by atomic mass is 32.2. The van der Waals surface area contributed by atoms with Crippen molar-refractivity contribution >= 4 is 46.1 Å². The highest BCUT2D eigenvalue weighted by Crippen LogP contribution is 2.28. The van der Waals surface area contributed by atoms with Crippen LogP contribution >= 0.6 is 11.8 Å². The van der Waals surface area contributed by atoms with Gasteiger partial charge in [-0.25, -0.2) is 4.79 Å². The van der Waals surface area contributed by atoms with Crippen LogP contribution in [-0.2, 0) is 14.3 Å².